The Hall–Kier alpha value is -1.66. The number of benzene rings is 2. The van der Waals surface area contributed by atoms with E-state index in [1.54, 1.807) is 12.1 Å². The molecule has 0 bridgehead atoms. The van der Waals surface area contributed by atoms with E-state index in [1.165, 1.54) is 37.2 Å². The minimum absolute atomic E-state index is 0. The first-order valence-corrected chi connectivity index (χ1v) is 9.89. The predicted molar refractivity (Wildman–Crippen MR) is 113 cm³/mol. The van der Waals surface area contributed by atoms with Crippen LogP contribution in [0.4, 0.5) is 4.39 Å². The van der Waals surface area contributed by atoms with Gasteiger partial charge in [0.25, 0.3) is 0 Å². The van der Waals surface area contributed by atoms with Gasteiger partial charge in [-0.1, -0.05) is 24.3 Å². The van der Waals surface area contributed by atoms with Crippen molar-refractivity contribution in [1.82, 2.24) is 15.1 Å². The number of hydrogen-bond acceptors (Lipinski definition) is 4. The van der Waals surface area contributed by atoms with Gasteiger partial charge in [-0.05, 0) is 41.8 Å². The van der Waals surface area contributed by atoms with Crippen LogP contribution < -0.4 is 10.1 Å². The van der Waals surface area contributed by atoms with Crippen molar-refractivity contribution >= 4 is 12.4 Å². The van der Waals surface area contributed by atoms with Crippen molar-refractivity contribution < 1.29 is 9.13 Å². The maximum Gasteiger partial charge on any atom is 0.123 e. The Morgan fingerprint density at radius 3 is 2.57 bits per heavy atom. The lowest BCUT2D eigenvalue weighted by Gasteiger charge is -2.32. The van der Waals surface area contributed by atoms with Gasteiger partial charge in [-0.25, -0.2) is 4.39 Å². The molecule has 4 rings (SSSR count). The fraction of sp³-hybridized carbons (Fsp3) is 0.455. The smallest absolute Gasteiger partial charge is 0.123 e. The number of hydrogen-bond donors (Lipinski definition) is 1. The van der Waals surface area contributed by atoms with Crippen LogP contribution in [0.3, 0.4) is 0 Å². The predicted octanol–water partition coefficient (Wildman–Crippen LogP) is 3.31. The molecule has 2 aromatic rings. The molecule has 1 unspecified atom stereocenters. The summed E-state index contributed by atoms with van der Waals surface area (Å²) in [4.78, 5) is 5.19. The second kappa shape index (κ2) is 10.2. The highest BCUT2D eigenvalue weighted by molar-refractivity contribution is 5.85. The Balaban J connectivity index is 0.00000225. The zero-order valence-corrected chi connectivity index (χ0v) is 17.0. The Morgan fingerprint density at radius 2 is 1.79 bits per heavy atom. The van der Waals surface area contributed by atoms with E-state index in [1.807, 2.05) is 6.07 Å². The lowest BCUT2D eigenvalue weighted by molar-refractivity contribution is 0.170. The molecule has 0 aliphatic carbocycles. The first kappa shape index (κ1) is 21.1. The van der Waals surface area contributed by atoms with Gasteiger partial charge in [0.2, 0.25) is 0 Å². The van der Waals surface area contributed by atoms with Gasteiger partial charge in [0.05, 0.1) is 0 Å². The highest BCUT2D eigenvalue weighted by Crippen LogP contribution is 2.21. The third-order valence-corrected chi connectivity index (χ3v) is 5.54. The van der Waals surface area contributed by atoms with Crippen molar-refractivity contribution in [3.05, 3.63) is 65.5 Å². The number of nitrogens with one attached hydrogen (secondary N) is 1. The topological polar surface area (TPSA) is 27.7 Å². The van der Waals surface area contributed by atoms with Gasteiger partial charge < -0.3 is 10.1 Å². The molecule has 1 atom stereocenters. The van der Waals surface area contributed by atoms with Crippen LogP contribution in [0, 0.1) is 5.82 Å². The van der Waals surface area contributed by atoms with Crippen LogP contribution in [0.15, 0.2) is 48.5 Å². The van der Waals surface area contributed by atoms with Crippen LogP contribution in [-0.4, -0.2) is 55.1 Å². The Morgan fingerprint density at radius 1 is 1.00 bits per heavy atom. The Kier molecular flexibility index (Phi) is 7.68. The molecule has 2 aliphatic rings. The molecular formula is C22H29ClFN3O. The lowest BCUT2D eigenvalue weighted by atomic mass is 10.2. The Bertz CT molecular complexity index is 737. The molecule has 2 heterocycles. The Labute approximate surface area is 173 Å². The fourth-order valence-corrected chi connectivity index (χ4v) is 4.04. The molecule has 2 saturated heterocycles. The number of halogens is 2. The highest BCUT2D eigenvalue weighted by Gasteiger charge is 2.28. The third-order valence-electron chi connectivity index (χ3n) is 5.54. The highest BCUT2D eigenvalue weighted by atomic mass is 35.5. The van der Waals surface area contributed by atoms with Crippen molar-refractivity contribution in [2.45, 2.75) is 25.6 Å². The quantitative estimate of drug-likeness (QED) is 0.798. The normalized spacial score (nSPS) is 20.7. The average Bonchev–Trinajstić information content (AvgIpc) is 3.17. The van der Waals surface area contributed by atoms with Crippen LogP contribution >= 0.6 is 12.4 Å². The zero-order valence-electron chi connectivity index (χ0n) is 16.1. The van der Waals surface area contributed by atoms with Gasteiger partial charge in [-0.2, -0.15) is 0 Å². The van der Waals surface area contributed by atoms with Crippen LogP contribution in [0.2, 0.25) is 0 Å². The molecule has 2 aromatic carbocycles. The molecule has 28 heavy (non-hydrogen) atoms. The number of piperazine rings is 1. The molecule has 4 nitrogen and oxygen atoms in total. The monoisotopic (exact) mass is 405 g/mol. The number of likely N-dealkylation sites (tertiary alicyclic amines) is 1. The van der Waals surface area contributed by atoms with E-state index < -0.39 is 0 Å². The van der Waals surface area contributed by atoms with Crippen LogP contribution in [0.25, 0.3) is 0 Å². The van der Waals surface area contributed by atoms with E-state index in [4.69, 9.17) is 4.74 Å². The first-order valence-electron chi connectivity index (χ1n) is 9.89. The number of ether oxygens (including phenoxy) is 1. The molecular weight excluding hydrogens is 377 g/mol. The molecule has 0 radical (unpaired) electrons. The largest absolute Gasteiger partial charge is 0.489 e. The van der Waals surface area contributed by atoms with Gasteiger partial charge in [-0.15, -0.1) is 12.4 Å². The van der Waals surface area contributed by atoms with Gasteiger partial charge in [0.1, 0.15) is 18.2 Å². The average molecular weight is 406 g/mol. The molecule has 2 aliphatic heterocycles. The maximum absolute atomic E-state index is 13.0. The zero-order chi connectivity index (χ0) is 18.5. The molecule has 0 amide bonds. The van der Waals surface area contributed by atoms with Gasteiger partial charge >= 0.3 is 0 Å². The van der Waals surface area contributed by atoms with Crippen LogP contribution in [-0.2, 0) is 13.2 Å². The van der Waals surface area contributed by atoms with Gasteiger partial charge in [0.15, 0.2) is 0 Å². The summed E-state index contributed by atoms with van der Waals surface area (Å²) in [6.07, 6.45) is 1.26. The second-order valence-corrected chi connectivity index (χ2v) is 7.53. The van der Waals surface area contributed by atoms with Gasteiger partial charge in [-0.3, -0.25) is 9.80 Å². The minimum atomic E-state index is -0.217. The maximum atomic E-state index is 13.0. The SMILES string of the molecule is Cl.Fc1ccc(COc2cccc(CN3CCC(N4CCNCC4)C3)c2)cc1. The minimum Gasteiger partial charge on any atom is -0.489 e. The van der Waals surface area contributed by atoms with Crippen molar-refractivity contribution in [1.29, 1.82) is 0 Å². The lowest BCUT2D eigenvalue weighted by Crippen LogP contribution is -2.49. The van der Waals surface area contributed by atoms with E-state index in [-0.39, 0.29) is 18.2 Å². The molecule has 0 saturated carbocycles. The summed E-state index contributed by atoms with van der Waals surface area (Å²) in [5.74, 6) is 0.653. The number of rotatable bonds is 6. The summed E-state index contributed by atoms with van der Waals surface area (Å²) < 4.78 is 18.9. The summed E-state index contributed by atoms with van der Waals surface area (Å²) in [6, 6.07) is 15.5. The molecule has 0 aromatic heterocycles. The van der Waals surface area contributed by atoms with Crippen LogP contribution in [0.1, 0.15) is 17.5 Å². The molecule has 6 heteroatoms. The summed E-state index contributed by atoms with van der Waals surface area (Å²) in [5, 5.41) is 3.43. The van der Waals surface area contributed by atoms with Crippen molar-refractivity contribution in [2.24, 2.45) is 0 Å². The molecule has 2 fully saturated rings. The van der Waals surface area contributed by atoms with Crippen LogP contribution in [0.5, 0.6) is 5.75 Å². The standard InChI is InChI=1S/C22H28FN3O.ClH/c23-20-6-4-18(5-7-20)17-27-22-3-1-2-19(14-22)15-25-11-8-21(16-25)26-12-9-24-10-13-26;/h1-7,14,21,24H,8-13,15-17H2;1H. The van der Waals surface area contributed by atoms with E-state index in [2.05, 4.69) is 33.3 Å². The summed E-state index contributed by atoms with van der Waals surface area (Å²) in [7, 11) is 0. The van der Waals surface area contributed by atoms with Gasteiger partial charge in [0, 0.05) is 51.9 Å². The second-order valence-electron chi connectivity index (χ2n) is 7.53. The first-order chi connectivity index (χ1) is 13.3. The molecule has 0 spiro atoms. The van der Waals surface area contributed by atoms with Crippen molar-refractivity contribution in [3.8, 4) is 5.75 Å². The molecule has 152 valence electrons. The fourth-order valence-electron chi connectivity index (χ4n) is 4.04. The summed E-state index contributed by atoms with van der Waals surface area (Å²) in [6.45, 7) is 8.31. The van der Waals surface area contributed by atoms with Crippen molar-refractivity contribution in [2.75, 3.05) is 39.3 Å². The van der Waals surface area contributed by atoms with Crippen molar-refractivity contribution in [3.63, 3.8) is 0 Å². The van der Waals surface area contributed by atoms with E-state index in [9.17, 15) is 4.39 Å². The van der Waals surface area contributed by atoms with E-state index in [0.29, 0.717) is 12.6 Å². The third kappa shape index (κ3) is 5.67. The van der Waals surface area contributed by atoms with E-state index in [0.717, 1.165) is 44.0 Å². The number of nitrogens with zero attached hydrogens (tertiary/aromatic N) is 2. The molecule has 1 N–H and O–H groups in total. The van der Waals surface area contributed by atoms with E-state index >= 15 is 0 Å². The summed E-state index contributed by atoms with van der Waals surface area (Å²) in [5.41, 5.74) is 2.26. The summed E-state index contributed by atoms with van der Waals surface area (Å²) >= 11 is 0.